The number of nitrogens with zero attached hydrogens (tertiary/aromatic N) is 1. The number of nitrogens with one attached hydrogen (secondary N) is 1. The Labute approximate surface area is 124 Å². The van der Waals surface area contributed by atoms with E-state index in [0.29, 0.717) is 0 Å². The van der Waals surface area contributed by atoms with Crippen molar-refractivity contribution in [3.63, 3.8) is 0 Å². The van der Waals surface area contributed by atoms with Gasteiger partial charge in [-0.3, -0.25) is 9.59 Å². The lowest BCUT2D eigenvalue weighted by Crippen LogP contribution is -2.15. The minimum absolute atomic E-state index is 0.137. The molecule has 3 N–H and O–H groups in total. The fourth-order valence-corrected chi connectivity index (χ4v) is 1.82. The van der Waals surface area contributed by atoms with Crippen LogP contribution in [0.15, 0.2) is 36.4 Å². The molecule has 102 valence electrons. The van der Waals surface area contributed by atoms with Gasteiger partial charge >= 0.3 is 0 Å². The molecule has 0 bridgehead atoms. The van der Waals surface area contributed by atoms with E-state index in [1.807, 2.05) is 0 Å². The highest BCUT2D eigenvalue weighted by Gasteiger charge is 2.12. The molecule has 2 aromatic rings. The first-order valence-corrected chi connectivity index (χ1v) is 6.26. The summed E-state index contributed by atoms with van der Waals surface area (Å²) in [7, 11) is 0. The van der Waals surface area contributed by atoms with Gasteiger partial charge < -0.3 is 11.1 Å². The zero-order chi connectivity index (χ0) is 14.7. The van der Waals surface area contributed by atoms with Crippen molar-refractivity contribution in [2.24, 2.45) is 5.73 Å². The van der Waals surface area contributed by atoms with Crippen LogP contribution in [0.3, 0.4) is 0 Å². The Morgan fingerprint density at radius 3 is 2.55 bits per heavy atom. The number of hydrogen-bond acceptors (Lipinski definition) is 3. The molecule has 0 aliphatic carbocycles. The average molecular weight is 310 g/mol. The number of benzene rings is 1. The maximum Gasteiger partial charge on any atom is 0.274 e. The third-order valence-corrected chi connectivity index (χ3v) is 2.99. The predicted octanol–water partition coefficient (Wildman–Crippen LogP) is 2.74. The number of carbonyl (C=O) groups is 2. The van der Waals surface area contributed by atoms with E-state index in [9.17, 15) is 9.59 Å². The van der Waals surface area contributed by atoms with Crippen LogP contribution in [-0.2, 0) is 0 Å². The van der Waals surface area contributed by atoms with Crippen LogP contribution in [0.2, 0.25) is 10.2 Å². The van der Waals surface area contributed by atoms with Gasteiger partial charge in [0.1, 0.15) is 10.8 Å². The topological polar surface area (TPSA) is 85.1 Å². The number of anilines is 1. The molecule has 0 atom stereocenters. The van der Waals surface area contributed by atoms with Crippen molar-refractivity contribution in [2.45, 2.75) is 0 Å². The summed E-state index contributed by atoms with van der Waals surface area (Å²) in [5.41, 5.74) is 5.82. The summed E-state index contributed by atoms with van der Waals surface area (Å²) < 4.78 is 0. The molecule has 7 heteroatoms. The van der Waals surface area contributed by atoms with Gasteiger partial charge in [-0.2, -0.15) is 0 Å². The summed E-state index contributed by atoms with van der Waals surface area (Å²) in [4.78, 5) is 27.0. The van der Waals surface area contributed by atoms with Crippen molar-refractivity contribution in [1.29, 1.82) is 0 Å². The first kappa shape index (κ1) is 14.3. The number of primary amides is 1. The monoisotopic (exact) mass is 309 g/mol. The second kappa shape index (κ2) is 5.90. The van der Waals surface area contributed by atoms with Gasteiger partial charge in [-0.25, -0.2) is 4.98 Å². The van der Waals surface area contributed by atoms with Crippen LogP contribution in [0.4, 0.5) is 5.69 Å². The molecule has 5 nitrogen and oxygen atoms in total. The Balaban J connectivity index is 2.27. The standard InChI is InChI=1S/C13H9Cl2N3O2/c14-8-5-4-7(12(16)19)6-10(8)18-13(20)9-2-1-3-11(15)17-9/h1-6H,(H2,16,19)(H,18,20). The molecule has 20 heavy (non-hydrogen) atoms. The molecule has 0 radical (unpaired) electrons. The van der Waals surface area contributed by atoms with Crippen molar-refractivity contribution in [3.05, 3.63) is 57.8 Å². The summed E-state index contributed by atoms with van der Waals surface area (Å²) in [5.74, 6) is -1.10. The number of rotatable bonds is 3. The van der Waals surface area contributed by atoms with E-state index in [4.69, 9.17) is 28.9 Å². The first-order chi connectivity index (χ1) is 9.47. The van der Waals surface area contributed by atoms with Crippen molar-refractivity contribution >= 4 is 40.7 Å². The lowest BCUT2D eigenvalue weighted by atomic mass is 10.2. The van der Waals surface area contributed by atoms with E-state index in [-0.39, 0.29) is 27.1 Å². The third-order valence-electron chi connectivity index (χ3n) is 2.45. The van der Waals surface area contributed by atoms with Gasteiger partial charge in [-0.1, -0.05) is 29.3 Å². The maximum absolute atomic E-state index is 12.0. The van der Waals surface area contributed by atoms with Crippen molar-refractivity contribution in [1.82, 2.24) is 4.98 Å². The number of halogens is 2. The zero-order valence-electron chi connectivity index (χ0n) is 10.1. The summed E-state index contributed by atoms with van der Waals surface area (Å²) in [5, 5.41) is 3.04. The maximum atomic E-state index is 12.0. The largest absolute Gasteiger partial charge is 0.366 e. The molecule has 0 saturated heterocycles. The van der Waals surface area contributed by atoms with Gasteiger partial charge in [0.05, 0.1) is 10.7 Å². The van der Waals surface area contributed by atoms with Crippen LogP contribution in [0.5, 0.6) is 0 Å². The molecule has 0 spiro atoms. The summed E-state index contributed by atoms with van der Waals surface area (Å²) in [6.45, 7) is 0. The van der Waals surface area contributed by atoms with Crippen molar-refractivity contribution in [2.75, 3.05) is 5.32 Å². The molecule has 2 rings (SSSR count). The number of carbonyl (C=O) groups excluding carboxylic acids is 2. The molecule has 0 aliphatic heterocycles. The van der Waals surface area contributed by atoms with Crippen LogP contribution in [0.1, 0.15) is 20.8 Å². The summed E-state index contributed by atoms with van der Waals surface area (Å²) in [6.07, 6.45) is 0. The van der Waals surface area contributed by atoms with Crippen molar-refractivity contribution in [3.8, 4) is 0 Å². The molecule has 0 fully saturated rings. The molecular formula is C13H9Cl2N3O2. The SMILES string of the molecule is NC(=O)c1ccc(Cl)c(NC(=O)c2cccc(Cl)n2)c1. The zero-order valence-corrected chi connectivity index (χ0v) is 11.6. The van der Waals surface area contributed by atoms with Crippen molar-refractivity contribution < 1.29 is 9.59 Å². The Morgan fingerprint density at radius 1 is 1.15 bits per heavy atom. The molecule has 1 aromatic carbocycles. The second-order valence-electron chi connectivity index (χ2n) is 3.86. The summed E-state index contributed by atoms with van der Waals surface area (Å²) >= 11 is 11.7. The number of hydrogen-bond donors (Lipinski definition) is 2. The van der Waals surface area contributed by atoms with Gasteiger partial charge in [0.2, 0.25) is 5.91 Å². The number of aromatic nitrogens is 1. The summed E-state index contributed by atoms with van der Waals surface area (Å²) in [6, 6.07) is 9.01. The second-order valence-corrected chi connectivity index (χ2v) is 4.65. The Bertz CT molecular complexity index is 689. The molecule has 1 heterocycles. The molecule has 2 amide bonds. The van der Waals surface area contributed by atoms with E-state index in [1.165, 1.54) is 24.3 Å². The highest BCUT2D eigenvalue weighted by molar-refractivity contribution is 6.34. The minimum atomic E-state index is -0.613. The molecule has 1 aromatic heterocycles. The van der Waals surface area contributed by atoms with Gasteiger partial charge in [0.25, 0.3) is 5.91 Å². The Kier molecular flexibility index (Phi) is 4.22. The van der Waals surface area contributed by atoms with Crippen LogP contribution in [0.25, 0.3) is 0 Å². The normalized spacial score (nSPS) is 10.1. The van der Waals surface area contributed by atoms with E-state index in [2.05, 4.69) is 10.3 Å². The molecule has 0 saturated carbocycles. The predicted molar refractivity (Wildman–Crippen MR) is 77.2 cm³/mol. The number of amides is 2. The quantitative estimate of drug-likeness (QED) is 0.855. The van der Waals surface area contributed by atoms with E-state index in [1.54, 1.807) is 12.1 Å². The fourth-order valence-electron chi connectivity index (χ4n) is 1.50. The Morgan fingerprint density at radius 2 is 1.90 bits per heavy atom. The number of nitrogens with two attached hydrogens (primary N) is 1. The molecular weight excluding hydrogens is 301 g/mol. The van der Waals surface area contributed by atoms with Crippen LogP contribution in [-0.4, -0.2) is 16.8 Å². The average Bonchev–Trinajstić information content (AvgIpc) is 2.41. The fraction of sp³-hybridized carbons (Fsp3) is 0. The van der Waals surface area contributed by atoms with Crippen LogP contribution >= 0.6 is 23.2 Å². The van der Waals surface area contributed by atoms with E-state index < -0.39 is 11.8 Å². The minimum Gasteiger partial charge on any atom is -0.366 e. The lowest BCUT2D eigenvalue weighted by molar-refractivity contribution is 0.0995. The molecule has 0 unspecified atom stereocenters. The Hall–Kier alpha value is -2.11. The van der Waals surface area contributed by atoms with Crippen LogP contribution in [0, 0.1) is 0 Å². The van der Waals surface area contributed by atoms with Crippen LogP contribution < -0.4 is 11.1 Å². The third kappa shape index (κ3) is 3.26. The highest BCUT2D eigenvalue weighted by Crippen LogP contribution is 2.23. The van der Waals surface area contributed by atoms with E-state index in [0.717, 1.165) is 0 Å². The van der Waals surface area contributed by atoms with Gasteiger partial charge in [0, 0.05) is 5.56 Å². The number of pyridine rings is 1. The van der Waals surface area contributed by atoms with E-state index >= 15 is 0 Å². The smallest absolute Gasteiger partial charge is 0.274 e. The highest BCUT2D eigenvalue weighted by atomic mass is 35.5. The van der Waals surface area contributed by atoms with Gasteiger partial charge in [-0.05, 0) is 30.3 Å². The van der Waals surface area contributed by atoms with Gasteiger partial charge in [0.15, 0.2) is 0 Å². The lowest BCUT2D eigenvalue weighted by Gasteiger charge is -2.08. The van der Waals surface area contributed by atoms with Gasteiger partial charge in [-0.15, -0.1) is 0 Å². The first-order valence-electron chi connectivity index (χ1n) is 5.50. The molecule has 0 aliphatic rings.